The molecular weight excluding hydrogens is 236 g/mol. The summed E-state index contributed by atoms with van der Waals surface area (Å²) in [5, 5.41) is 8.71. The van der Waals surface area contributed by atoms with E-state index in [0.717, 1.165) is 16.0 Å². The van der Waals surface area contributed by atoms with E-state index in [4.69, 9.17) is 10.8 Å². The van der Waals surface area contributed by atoms with E-state index in [2.05, 4.69) is 0 Å². The first-order chi connectivity index (χ1) is 8.54. The van der Waals surface area contributed by atoms with Crippen LogP contribution < -0.4 is 10.6 Å². The van der Waals surface area contributed by atoms with Crippen LogP contribution >= 0.6 is 0 Å². The molecule has 2 amide bonds. The topological polar surface area (TPSA) is 101 Å². The molecule has 1 aliphatic rings. The number of amides is 2. The van der Waals surface area contributed by atoms with E-state index in [1.165, 1.54) is 0 Å². The summed E-state index contributed by atoms with van der Waals surface area (Å²) in [5.74, 6) is -3.35. The number of carboxylic acids is 1. The fourth-order valence-corrected chi connectivity index (χ4v) is 1.99. The average Bonchev–Trinajstić information content (AvgIpc) is 2.37. The highest BCUT2D eigenvalue weighted by Gasteiger charge is 2.33. The summed E-state index contributed by atoms with van der Waals surface area (Å²) in [6.45, 7) is 0.355. The number of imide groups is 1. The summed E-state index contributed by atoms with van der Waals surface area (Å²) in [6, 6.07) is 5.04. The fourth-order valence-electron chi connectivity index (χ4n) is 1.99. The lowest BCUT2D eigenvalue weighted by atomic mass is 9.98. The minimum atomic E-state index is -1.64. The highest BCUT2D eigenvalue weighted by Crippen LogP contribution is 2.28. The van der Waals surface area contributed by atoms with E-state index >= 15 is 0 Å². The summed E-state index contributed by atoms with van der Waals surface area (Å²) in [7, 11) is 0. The number of hydrogen-bond acceptors (Lipinski definition) is 4. The van der Waals surface area contributed by atoms with Crippen LogP contribution in [0.4, 0.5) is 5.69 Å². The first kappa shape index (κ1) is 12.3. The molecule has 6 nitrogen and oxygen atoms in total. The van der Waals surface area contributed by atoms with Crippen LogP contribution in [-0.4, -0.2) is 22.9 Å². The van der Waals surface area contributed by atoms with E-state index in [1.807, 2.05) is 0 Å². The van der Waals surface area contributed by atoms with Gasteiger partial charge in [-0.2, -0.15) is 0 Å². The number of aliphatic carboxylic acids is 1. The van der Waals surface area contributed by atoms with Crippen LogP contribution in [0.2, 0.25) is 0 Å². The Balaban J connectivity index is 2.48. The SMILES string of the molecule is NCc1ccc2c(c1)CCC(=O)N2C(=O)C(=O)O. The first-order valence-corrected chi connectivity index (χ1v) is 5.46. The molecule has 2 rings (SSSR count). The van der Waals surface area contributed by atoms with Crippen molar-refractivity contribution in [2.75, 3.05) is 4.90 Å². The van der Waals surface area contributed by atoms with Crippen molar-refractivity contribution in [2.24, 2.45) is 5.73 Å². The Bertz CT molecular complexity index is 539. The Morgan fingerprint density at radius 3 is 2.67 bits per heavy atom. The lowest BCUT2D eigenvalue weighted by Gasteiger charge is -2.26. The number of carbonyl (C=O) groups excluding carboxylic acids is 2. The molecular formula is C12H12N2O4. The second kappa shape index (κ2) is 4.58. The van der Waals surface area contributed by atoms with Gasteiger partial charge in [0.2, 0.25) is 5.91 Å². The number of nitrogens with zero attached hydrogens (tertiary/aromatic N) is 1. The van der Waals surface area contributed by atoms with Gasteiger partial charge in [-0.25, -0.2) is 9.69 Å². The fraction of sp³-hybridized carbons (Fsp3) is 0.250. The van der Waals surface area contributed by atoms with E-state index in [-0.39, 0.29) is 6.42 Å². The van der Waals surface area contributed by atoms with Crippen molar-refractivity contribution in [1.29, 1.82) is 0 Å². The summed E-state index contributed by atoms with van der Waals surface area (Å²) in [5.41, 5.74) is 7.51. The van der Waals surface area contributed by atoms with Crippen LogP contribution in [0.3, 0.4) is 0 Å². The standard InChI is InChI=1S/C12H12N2O4/c13-6-7-1-3-9-8(5-7)2-4-10(15)14(9)11(16)12(17)18/h1,3,5H,2,4,6,13H2,(H,17,18). The largest absolute Gasteiger partial charge is 0.474 e. The number of anilines is 1. The van der Waals surface area contributed by atoms with Gasteiger partial charge in [0, 0.05) is 13.0 Å². The van der Waals surface area contributed by atoms with Crippen molar-refractivity contribution in [3.8, 4) is 0 Å². The number of rotatable bonds is 1. The van der Waals surface area contributed by atoms with Crippen molar-refractivity contribution >= 4 is 23.5 Å². The molecule has 0 saturated carbocycles. The third kappa shape index (κ3) is 1.98. The lowest BCUT2D eigenvalue weighted by molar-refractivity contribution is -0.150. The molecule has 0 aliphatic carbocycles. The molecule has 0 aromatic heterocycles. The van der Waals surface area contributed by atoms with Gasteiger partial charge in [0.15, 0.2) is 0 Å². The number of benzene rings is 1. The van der Waals surface area contributed by atoms with Crippen LogP contribution in [0.1, 0.15) is 17.5 Å². The van der Waals surface area contributed by atoms with Crippen molar-refractivity contribution in [1.82, 2.24) is 0 Å². The second-order valence-corrected chi connectivity index (χ2v) is 4.01. The molecule has 94 valence electrons. The van der Waals surface area contributed by atoms with E-state index in [0.29, 0.717) is 18.7 Å². The molecule has 0 unspecified atom stereocenters. The maximum Gasteiger partial charge on any atom is 0.395 e. The number of carbonyl (C=O) groups is 3. The molecule has 1 aromatic rings. The summed E-state index contributed by atoms with van der Waals surface area (Å²) in [6.07, 6.45) is 0.617. The zero-order valence-electron chi connectivity index (χ0n) is 9.55. The van der Waals surface area contributed by atoms with Crippen LogP contribution in [0.15, 0.2) is 18.2 Å². The van der Waals surface area contributed by atoms with Crippen LogP contribution in [0.5, 0.6) is 0 Å². The van der Waals surface area contributed by atoms with Crippen LogP contribution in [0, 0.1) is 0 Å². The van der Waals surface area contributed by atoms with Gasteiger partial charge in [0.1, 0.15) is 0 Å². The van der Waals surface area contributed by atoms with E-state index < -0.39 is 17.8 Å². The maximum absolute atomic E-state index is 11.7. The highest BCUT2D eigenvalue weighted by atomic mass is 16.4. The van der Waals surface area contributed by atoms with Gasteiger partial charge >= 0.3 is 11.9 Å². The molecule has 0 fully saturated rings. The minimum absolute atomic E-state index is 0.125. The number of carboxylic acid groups (broad SMARTS) is 1. The molecule has 6 heteroatoms. The van der Waals surface area contributed by atoms with Gasteiger partial charge in [-0.05, 0) is 23.6 Å². The average molecular weight is 248 g/mol. The van der Waals surface area contributed by atoms with E-state index in [1.54, 1.807) is 18.2 Å². The number of fused-ring (bicyclic) bond motifs is 1. The zero-order valence-corrected chi connectivity index (χ0v) is 9.55. The third-order valence-electron chi connectivity index (χ3n) is 2.86. The summed E-state index contributed by atoms with van der Waals surface area (Å²) in [4.78, 5) is 34.6. The smallest absolute Gasteiger partial charge is 0.395 e. The molecule has 0 saturated heterocycles. The summed E-state index contributed by atoms with van der Waals surface area (Å²) < 4.78 is 0. The molecule has 0 bridgehead atoms. The molecule has 0 radical (unpaired) electrons. The zero-order chi connectivity index (χ0) is 13.3. The Hall–Kier alpha value is -2.21. The second-order valence-electron chi connectivity index (χ2n) is 4.01. The van der Waals surface area contributed by atoms with Crippen molar-refractivity contribution < 1.29 is 19.5 Å². The van der Waals surface area contributed by atoms with Crippen molar-refractivity contribution in [2.45, 2.75) is 19.4 Å². The van der Waals surface area contributed by atoms with Gasteiger partial charge in [-0.3, -0.25) is 9.59 Å². The van der Waals surface area contributed by atoms with Gasteiger partial charge in [-0.1, -0.05) is 12.1 Å². The van der Waals surface area contributed by atoms with E-state index in [9.17, 15) is 14.4 Å². The summed E-state index contributed by atoms with van der Waals surface area (Å²) >= 11 is 0. The predicted molar refractivity (Wildman–Crippen MR) is 62.8 cm³/mol. The molecule has 0 atom stereocenters. The minimum Gasteiger partial charge on any atom is -0.474 e. The molecule has 1 aromatic carbocycles. The number of nitrogens with two attached hydrogens (primary N) is 1. The highest BCUT2D eigenvalue weighted by molar-refractivity contribution is 6.43. The van der Waals surface area contributed by atoms with Gasteiger partial charge in [0.25, 0.3) is 0 Å². The Kier molecular flexibility index (Phi) is 3.12. The number of hydrogen-bond donors (Lipinski definition) is 2. The molecule has 1 heterocycles. The van der Waals surface area contributed by atoms with Gasteiger partial charge < -0.3 is 10.8 Å². The molecule has 3 N–H and O–H groups in total. The van der Waals surface area contributed by atoms with Crippen molar-refractivity contribution in [3.05, 3.63) is 29.3 Å². The van der Waals surface area contributed by atoms with Crippen LogP contribution in [0.25, 0.3) is 0 Å². The molecule has 1 aliphatic heterocycles. The Morgan fingerprint density at radius 1 is 1.33 bits per heavy atom. The Labute approximate surface area is 103 Å². The van der Waals surface area contributed by atoms with Gasteiger partial charge in [0.05, 0.1) is 5.69 Å². The van der Waals surface area contributed by atoms with Crippen LogP contribution in [-0.2, 0) is 27.3 Å². The monoisotopic (exact) mass is 248 g/mol. The quantitative estimate of drug-likeness (QED) is 0.683. The first-order valence-electron chi connectivity index (χ1n) is 5.46. The lowest BCUT2D eigenvalue weighted by Crippen LogP contribution is -2.44. The molecule has 0 spiro atoms. The van der Waals surface area contributed by atoms with Crippen molar-refractivity contribution in [3.63, 3.8) is 0 Å². The number of aryl methyl sites for hydroxylation is 1. The Morgan fingerprint density at radius 2 is 2.06 bits per heavy atom. The normalized spacial score (nSPS) is 14.3. The van der Waals surface area contributed by atoms with Gasteiger partial charge in [-0.15, -0.1) is 0 Å². The predicted octanol–water partition coefficient (Wildman–Crippen LogP) is 0.0357. The maximum atomic E-state index is 11.7. The molecule has 18 heavy (non-hydrogen) atoms. The third-order valence-corrected chi connectivity index (χ3v) is 2.86.